The van der Waals surface area contributed by atoms with E-state index in [1.807, 2.05) is 6.20 Å². The van der Waals surface area contributed by atoms with Crippen LogP contribution >= 0.6 is 0 Å². The number of nitrogens with zero attached hydrogens (tertiary/aromatic N) is 5. The van der Waals surface area contributed by atoms with Gasteiger partial charge >= 0.3 is 0 Å². The molecule has 0 radical (unpaired) electrons. The molecule has 8 heteroatoms. The third-order valence-corrected chi connectivity index (χ3v) is 6.80. The smallest absolute Gasteiger partial charge is 0.220 e. The average molecular weight is 396 g/mol. The van der Waals surface area contributed by atoms with E-state index < -0.39 is 0 Å². The number of ether oxygens (including phenoxy) is 1. The fourth-order valence-electron chi connectivity index (χ4n) is 5.35. The van der Waals surface area contributed by atoms with Crippen LogP contribution in [0.2, 0.25) is 0 Å². The summed E-state index contributed by atoms with van der Waals surface area (Å²) in [6, 6.07) is 4.22. The lowest BCUT2D eigenvalue weighted by Crippen LogP contribution is -2.41. The first-order valence-electron chi connectivity index (χ1n) is 10.6. The lowest BCUT2D eigenvalue weighted by molar-refractivity contribution is -0.121. The lowest BCUT2D eigenvalue weighted by atomic mass is 9.73. The molecule has 5 rings (SSSR count). The molecule has 0 aliphatic carbocycles. The molecular formula is C21H28N6O2. The van der Waals surface area contributed by atoms with Crippen molar-refractivity contribution in [3.63, 3.8) is 0 Å². The van der Waals surface area contributed by atoms with Crippen LogP contribution < -0.4 is 10.2 Å². The second kappa shape index (κ2) is 7.40. The summed E-state index contributed by atoms with van der Waals surface area (Å²) in [4.78, 5) is 23.2. The standard InChI is InChI=1S/C21H28N6O2/c1-15-4-5-19(23-9-15)26-11-17-16(18-6-7-21(17,12-26)29-18)10-24-20(28)3-2-8-27-14-22-13-25-27/h4-5,9,13-14,16-18H,2-3,6-8,10-12H2,1H3,(H,24,28)/t16-,17+,18+,21+/m0/s1. The fraction of sp³-hybridized carbons (Fsp3) is 0.619. The summed E-state index contributed by atoms with van der Waals surface area (Å²) in [5, 5.41) is 7.23. The van der Waals surface area contributed by atoms with Crippen molar-refractivity contribution < 1.29 is 9.53 Å². The number of nitrogens with one attached hydrogen (secondary N) is 1. The van der Waals surface area contributed by atoms with Crippen molar-refractivity contribution in [2.75, 3.05) is 24.5 Å². The van der Waals surface area contributed by atoms with Crippen molar-refractivity contribution in [2.45, 2.75) is 50.9 Å². The molecule has 8 nitrogen and oxygen atoms in total. The van der Waals surface area contributed by atoms with Crippen LogP contribution in [0.25, 0.3) is 0 Å². The van der Waals surface area contributed by atoms with E-state index in [0.29, 0.717) is 31.3 Å². The van der Waals surface area contributed by atoms with Crippen molar-refractivity contribution in [1.82, 2.24) is 25.1 Å². The zero-order valence-corrected chi connectivity index (χ0v) is 16.8. The number of carbonyl (C=O) groups is 1. The summed E-state index contributed by atoms with van der Waals surface area (Å²) >= 11 is 0. The topological polar surface area (TPSA) is 85.2 Å². The number of aryl methyl sites for hydroxylation is 2. The monoisotopic (exact) mass is 396 g/mol. The van der Waals surface area contributed by atoms with Gasteiger partial charge in [-0.1, -0.05) is 6.07 Å². The van der Waals surface area contributed by atoms with E-state index >= 15 is 0 Å². The third kappa shape index (κ3) is 3.50. The summed E-state index contributed by atoms with van der Waals surface area (Å²) in [6.45, 7) is 5.34. The average Bonchev–Trinajstić information content (AvgIpc) is 3.48. The van der Waals surface area contributed by atoms with E-state index in [9.17, 15) is 4.79 Å². The number of fused-ring (bicyclic) bond motifs is 1. The predicted octanol–water partition coefficient (Wildman–Crippen LogP) is 1.56. The minimum Gasteiger partial charge on any atom is -0.369 e. The van der Waals surface area contributed by atoms with Crippen molar-refractivity contribution in [1.29, 1.82) is 0 Å². The van der Waals surface area contributed by atoms with Crippen LogP contribution in [-0.4, -0.2) is 57.0 Å². The molecule has 5 heterocycles. The molecule has 2 aromatic heterocycles. The maximum atomic E-state index is 12.3. The third-order valence-electron chi connectivity index (χ3n) is 6.80. The zero-order chi connectivity index (χ0) is 19.8. The van der Waals surface area contributed by atoms with Crippen LogP contribution in [0.5, 0.6) is 0 Å². The van der Waals surface area contributed by atoms with Gasteiger partial charge in [-0.05, 0) is 37.8 Å². The van der Waals surface area contributed by atoms with Gasteiger partial charge in [-0.3, -0.25) is 9.48 Å². The van der Waals surface area contributed by atoms with Crippen molar-refractivity contribution in [3.05, 3.63) is 36.5 Å². The molecule has 2 aromatic rings. The maximum Gasteiger partial charge on any atom is 0.220 e. The molecule has 4 atom stereocenters. The van der Waals surface area contributed by atoms with Crippen molar-refractivity contribution >= 4 is 11.7 Å². The molecule has 3 aliphatic rings. The molecule has 3 fully saturated rings. The van der Waals surface area contributed by atoms with Gasteiger partial charge in [0.05, 0.1) is 11.7 Å². The van der Waals surface area contributed by atoms with E-state index in [0.717, 1.165) is 38.2 Å². The number of hydrogen-bond donors (Lipinski definition) is 1. The molecule has 3 saturated heterocycles. The highest BCUT2D eigenvalue weighted by molar-refractivity contribution is 5.75. The second-order valence-corrected chi connectivity index (χ2v) is 8.67. The normalized spacial score (nSPS) is 30.0. The molecule has 0 unspecified atom stereocenters. The minimum atomic E-state index is -0.0558. The molecule has 154 valence electrons. The quantitative estimate of drug-likeness (QED) is 0.765. The first-order chi connectivity index (χ1) is 14.1. The highest BCUT2D eigenvalue weighted by atomic mass is 16.5. The van der Waals surface area contributed by atoms with Gasteiger partial charge in [-0.15, -0.1) is 0 Å². The number of anilines is 1. The number of aromatic nitrogens is 4. The van der Waals surface area contributed by atoms with Gasteiger partial charge < -0.3 is 15.0 Å². The molecule has 29 heavy (non-hydrogen) atoms. The number of rotatable bonds is 7. The van der Waals surface area contributed by atoms with Crippen molar-refractivity contribution in [3.8, 4) is 0 Å². The Hall–Kier alpha value is -2.48. The van der Waals surface area contributed by atoms with Gasteiger partial charge in [0.25, 0.3) is 0 Å². The Morgan fingerprint density at radius 3 is 3.14 bits per heavy atom. The summed E-state index contributed by atoms with van der Waals surface area (Å²) in [6.07, 6.45) is 8.89. The van der Waals surface area contributed by atoms with Gasteiger partial charge in [0.2, 0.25) is 5.91 Å². The summed E-state index contributed by atoms with van der Waals surface area (Å²) in [7, 11) is 0. The van der Waals surface area contributed by atoms with Gasteiger partial charge in [0, 0.05) is 50.6 Å². The summed E-state index contributed by atoms with van der Waals surface area (Å²) in [5.74, 6) is 1.98. The van der Waals surface area contributed by atoms with E-state index in [1.54, 1.807) is 11.0 Å². The highest BCUT2D eigenvalue weighted by Crippen LogP contribution is 2.55. The molecule has 0 saturated carbocycles. The zero-order valence-electron chi connectivity index (χ0n) is 16.8. The van der Waals surface area contributed by atoms with Crippen LogP contribution in [0, 0.1) is 18.8 Å². The number of carbonyl (C=O) groups excluding carboxylic acids is 1. The maximum absolute atomic E-state index is 12.3. The Balaban J connectivity index is 1.16. The molecule has 1 amide bonds. The van der Waals surface area contributed by atoms with Gasteiger partial charge in [-0.2, -0.15) is 5.10 Å². The minimum absolute atomic E-state index is 0.0558. The number of hydrogen-bond acceptors (Lipinski definition) is 6. The summed E-state index contributed by atoms with van der Waals surface area (Å²) < 4.78 is 8.25. The second-order valence-electron chi connectivity index (χ2n) is 8.67. The molecule has 0 aromatic carbocycles. The van der Waals surface area contributed by atoms with Crippen molar-refractivity contribution in [2.24, 2.45) is 11.8 Å². The molecular weight excluding hydrogens is 368 g/mol. The highest BCUT2D eigenvalue weighted by Gasteiger charge is 2.63. The molecule has 3 aliphatic heterocycles. The van der Waals surface area contributed by atoms with Crippen LogP contribution in [0.3, 0.4) is 0 Å². The lowest BCUT2D eigenvalue weighted by Gasteiger charge is -2.29. The first-order valence-corrected chi connectivity index (χ1v) is 10.6. The van der Waals surface area contributed by atoms with E-state index in [1.165, 1.54) is 11.9 Å². The van der Waals surface area contributed by atoms with Gasteiger partial charge in [0.15, 0.2) is 0 Å². The Morgan fingerprint density at radius 2 is 2.34 bits per heavy atom. The molecule has 1 spiro atoms. The Bertz CT molecular complexity index is 855. The fourth-order valence-corrected chi connectivity index (χ4v) is 5.35. The predicted molar refractivity (Wildman–Crippen MR) is 107 cm³/mol. The van der Waals surface area contributed by atoms with Crippen LogP contribution in [0.15, 0.2) is 31.0 Å². The summed E-state index contributed by atoms with van der Waals surface area (Å²) in [5.41, 5.74) is 1.12. The van der Waals surface area contributed by atoms with Crippen LogP contribution in [0.1, 0.15) is 31.2 Å². The van der Waals surface area contributed by atoms with E-state index in [2.05, 4.69) is 44.3 Å². The Morgan fingerprint density at radius 1 is 1.41 bits per heavy atom. The SMILES string of the molecule is Cc1ccc(N2C[C@@H]3[C@H](CNC(=O)CCCn4cncn4)[C@H]4CC[C@]3(C2)O4)nc1. The Labute approximate surface area is 170 Å². The molecule has 2 bridgehead atoms. The number of pyridine rings is 1. The Kier molecular flexibility index (Phi) is 4.73. The van der Waals surface area contributed by atoms with Gasteiger partial charge in [-0.25, -0.2) is 9.97 Å². The number of amides is 1. The largest absolute Gasteiger partial charge is 0.369 e. The van der Waals surface area contributed by atoms with Gasteiger partial charge in [0.1, 0.15) is 18.5 Å². The van der Waals surface area contributed by atoms with Crippen LogP contribution in [0.4, 0.5) is 5.82 Å². The molecule has 1 N–H and O–H groups in total. The van der Waals surface area contributed by atoms with Crippen LogP contribution in [-0.2, 0) is 16.1 Å². The first kappa shape index (κ1) is 18.5. The van der Waals surface area contributed by atoms with E-state index in [-0.39, 0.29) is 17.6 Å². The van der Waals surface area contributed by atoms with E-state index in [4.69, 9.17) is 4.74 Å².